The molecule has 3 heteroatoms. The van der Waals surface area contributed by atoms with Crippen molar-refractivity contribution in [2.45, 2.75) is 37.8 Å². The van der Waals surface area contributed by atoms with Gasteiger partial charge in [-0.2, -0.15) is 0 Å². The molecule has 0 spiro atoms. The van der Waals surface area contributed by atoms with Crippen LogP contribution in [-0.4, -0.2) is 12.1 Å². The maximum absolute atomic E-state index is 5.85. The molecule has 1 aliphatic carbocycles. The lowest BCUT2D eigenvalue weighted by molar-refractivity contribution is 0.340. The zero-order valence-corrected chi connectivity index (χ0v) is 9.28. The molecular weight excluding hydrogens is 192 g/mol. The van der Waals surface area contributed by atoms with Gasteiger partial charge in [0.1, 0.15) is 0 Å². The third-order valence-corrected chi connectivity index (χ3v) is 4.05. The van der Waals surface area contributed by atoms with Crippen molar-refractivity contribution in [3.8, 4) is 0 Å². The summed E-state index contributed by atoms with van der Waals surface area (Å²) in [4.78, 5) is 1.41. The standard InChI is InChI=1S/C11H18N2S/c12-9-11(5-1-2-6-11)13-8-10-4-3-7-14-10/h3-4,7,13H,1-2,5-6,8-9,12H2. The Balaban J connectivity index is 1.89. The molecule has 78 valence electrons. The summed E-state index contributed by atoms with van der Waals surface area (Å²) in [5.41, 5.74) is 6.09. The van der Waals surface area contributed by atoms with Crippen molar-refractivity contribution in [2.24, 2.45) is 5.73 Å². The summed E-state index contributed by atoms with van der Waals surface area (Å²) in [5.74, 6) is 0. The van der Waals surface area contributed by atoms with E-state index in [9.17, 15) is 0 Å². The number of nitrogens with two attached hydrogens (primary N) is 1. The van der Waals surface area contributed by atoms with Crippen molar-refractivity contribution in [3.05, 3.63) is 22.4 Å². The molecule has 2 nitrogen and oxygen atoms in total. The summed E-state index contributed by atoms with van der Waals surface area (Å²) in [6.45, 7) is 1.76. The monoisotopic (exact) mass is 210 g/mol. The van der Waals surface area contributed by atoms with Gasteiger partial charge in [-0.3, -0.25) is 0 Å². The molecule has 0 aliphatic heterocycles. The van der Waals surface area contributed by atoms with Gasteiger partial charge in [0.2, 0.25) is 0 Å². The normalized spacial score (nSPS) is 20.1. The second-order valence-corrected chi connectivity index (χ2v) is 5.16. The molecule has 0 radical (unpaired) electrons. The van der Waals surface area contributed by atoms with Crippen molar-refractivity contribution in [3.63, 3.8) is 0 Å². The van der Waals surface area contributed by atoms with Crippen molar-refractivity contribution in [1.29, 1.82) is 0 Å². The van der Waals surface area contributed by atoms with Crippen LogP contribution in [0.3, 0.4) is 0 Å². The molecule has 0 bridgehead atoms. The first-order valence-corrected chi connectivity index (χ1v) is 6.20. The van der Waals surface area contributed by atoms with Gasteiger partial charge in [0.15, 0.2) is 0 Å². The van der Waals surface area contributed by atoms with E-state index in [1.165, 1.54) is 30.6 Å². The molecule has 1 heterocycles. The molecule has 14 heavy (non-hydrogen) atoms. The summed E-state index contributed by atoms with van der Waals surface area (Å²) >= 11 is 1.81. The molecule has 1 fully saturated rings. The van der Waals surface area contributed by atoms with E-state index in [0.29, 0.717) is 0 Å². The fraction of sp³-hybridized carbons (Fsp3) is 0.636. The Morgan fingerprint density at radius 3 is 2.79 bits per heavy atom. The predicted octanol–water partition coefficient (Wildman–Crippen LogP) is 2.11. The number of rotatable bonds is 4. The lowest BCUT2D eigenvalue weighted by Gasteiger charge is -2.28. The molecule has 0 unspecified atom stereocenters. The Bertz CT molecular complexity index is 263. The quantitative estimate of drug-likeness (QED) is 0.799. The van der Waals surface area contributed by atoms with E-state index in [1.807, 2.05) is 11.3 Å². The van der Waals surface area contributed by atoms with Crippen LogP contribution in [-0.2, 0) is 6.54 Å². The SMILES string of the molecule is NCC1(NCc2cccs2)CCCC1. The molecule has 1 saturated carbocycles. The zero-order chi connectivity index (χ0) is 9.86. The van der Waals surface area contributed by atoms with E-state index < -0.39 is 0 Å². The van der Waals surface area contributed by atoms with Crippen LogP contribution in [0.15, 0.2) is 17.5 Å². The van der Waals surface area contributed by atoms with Crippen LogP contribution >= 0.6 is 11.3 Å². The summed E-state index contributed by atoms with van der Waals surface area (Å²) in [5, 5.41) is 5.76. The van der Waals surface area contributed by atoms with E-state index >= 15 is 0 Å². The maximum Gasteiger partial charge on any atom is 0.0307 e. The minimum atomic E-state index is 0.240. The van der Waals surface area contributed by atoms with Gasteiger partial charge >= 0.3 is 0 Å². The average Bonchev–Trinajstić information content (AvgIpc) is 2.87. The molecule has 1 aliphatic rings. The van der Waals surface area contributed by atoms with Crippen LogP contribution in [0.25, 0.3) is 0 Å². The van der Waals surface area contributed by atoms with Crippen molar-refractivity contribution in [1.82, 2.24) is 5.32 Å². The van der Waals surface area contributed by atoms with Gasteiger partial charge < -0.3 is 11.1 Å². The summed E-state index contributed by atoms with van der Waals surface area (Å²) in [7, 11) is 0. The Morgan fingerprint density at radius 1 is 1.43 bits per heavy atom. The van der Waals surface area contributed by atoms with Gasteiger partial charge in [-0.05, 0) is 24.3 Å². The van der Waals surface area contributed by atoms with E-state index in [0.717, 1.165) is 13.1 Å². The molecular formula is C11H18N2S. The average molecular weight is 210 g/mol. The minimum Gasteiger partial charge on any atom is -0.329 e. The van der Waals surface area contributed by atoms with Gasteiger partial charge in [0.25, 0.3) is 0 Å². The Kier molecular flexibility index (Phi) is 3.21. The van der Waals surface area contributed by atoms with Crippen LogP contribution in [0.2, 0.25) is 0 Å². The summed E-state index contributed by atoms with van der Waals surface area (Å²) in [6.07, 6.45) is 5.15. The largest absolute Gasteiger partial charge is 0.329 e. The molecule has 0 amide bonds. The number of hydrogen-bond acceptors (Lipinski definition) is 3. The smallest absolute Gasteiger partial charge is 0.0307 e. The summed E-state index contributed by atoms with van der Waals surface area (Å²) < 4.78 is 0. The third kappa shape index (κ3) is 2.16. The van der Waals surface area contributed by atoms with Gasteiger partial charge in [-0.25, -0.2) is 0 Å². The van der Waals surface area contributed by atoms with Crippen LogP contribution in [0.5, 0.6) is 0 Å². The van der Waals surface area contributed by atoms with Gasteiger partial charge in [-0.1, -0.05) is 18.9 Å². The van der Waals surface area contributed by atoms with Gasteiger partial charge in [0.05, 0.1) is 0 Å². The van der Waals surface area contributed by atoms with Crippen LogP contribution < -0.4 is 11.1 Å². The van der Waals surface area contributed by atoms with E-state index in [-0.39, 0.29) is 5.54 Å². The second-order valence-electron chi connectivity index (χ2n) is 4.12. The predicted molar refractivity (Wildman–Crippen MR) is 61.4 cm³/mol. The van der Waals surface area contributed by atoms with Crippen molar-refractivity contribution < 1.29 is 0 Å². The highest BCUT2D eigenvalue weighted by Gasteiger charge is 2.31. The second kappa shape index (κ2) is 4.43. The first-order valence-electron chi connectivity index (χ1n) is 5.32. The number of nitrogens with one attached hydrogen (secondary N) is 1. The molecule has 1 aromatic heterocycles. The number of thiophene rings is 1. The van der Waals surface area contributed by atoms with Gasteiger partial charge in [0, 0.05) is 23.5 Å². The highest BCUT2D eigenvalue weighted by Crippen LogP contribution is 2.29. The Labute approximate surface area is 89.5 Å². The lowest BCUT2D eigenvalue weighted by atomic mass is 9.98. The molecule has 0 saturated heterocycles. The fourth-order valence-corrected chi connectivity index (χ4v) is 2.84. The van der Waals surface area contributed by atoms with E-state index in [4.69, 9.17) is 5.73 Å². The molecule has 3 N–H and O–H groups in total. The van der Waals surface area contributed by atoms with Crippen LogP contribution in [0, 0.1) is 0 Å². The third-order valence-electron chi connectivity index (χ3n) is 3.17. The Hall–Kier alpha value is -0.380. The van der Waals surface area contributed by atoms with Gasteiger partial charge in [-0.15, -0.1) is 11.3 Å². The van der Waals surface area contributed by atoms with Crippen LogP contribution in [0.1, 0.15) is 30.6 Å². The van der Waals surface area contributed by atoms with E-state index in [1.54, 1.807) is 0 Å². The highest BCUT2D eigenvalue weighted by molar-refractivity contribution is 7.09. The van der Waals surface area contributed by atoms with Crippen molar-refractivity contribution in [2.75, 3.05) is 6.54 Å². The van der Waals surface area contributed by atoms with Crippen molar-refractivity contribution >= 4 is 11.3 Å². The number of hydrogen-bond donors (Lipinski definition) is 2. The Morgan fingerprint density at radius 2 is 2.21 bits per heavy atom. The topological polar surface area (TPSA) is 38.0 Å². The lowest BCUT2D eigenvalue weighted by Crippen LogP contribution is -2.48. The molecule has 1 aromatic rings. The molecule has 0 atom stereocenters. The zero-order valence-electron chi connectivity index (χ0n) is 8.46. The highest BCUT2D eigenvalue weighted by atomic mass is 32.1. The maximum atomic E-state index is 5.85. The van der Waals surface area contributed by atoms with E-state index in [2.05, 4.69) is 22.8 Å². The first kappa shape index (κ1) is 10.1. The molecule has 0 aromatic carbocycles. The summed E-state index contributed by atoms with van der Waals surface area (Å²) in [6, 6.07) is 4.28. The molecule has 2 rings (SSSR count). The minimum absolute atomic E-state index is 0.240. The fourth-order valence-electron chi connectivity index (χ4n) is 2.19. The van der Waals surface area contributed by atoms with Crippen LogP contribution in [0.4, 0.5) is 0 Å². The first-order chi connectivity index (χ1) is 6.85.